The molecule has 8 heterocycles. The van der Waals surface area contributed by atoms with E-state index in [0.717, 1.165) is 124 Å². The summed E-state index contributed by atoms with van der Waals surface area (Å²) in [5, 5.41) is 16.6. The van der Waals surface area contributed by atoms with Gasteiger partial charge >= 0.3 is 0 Å². The van der Waals surface area contributed by atoms with E-state index in [-0.39, 0.29) is 12.2 Å². The molecule has 68 heavy (non-hydrogen) atoms. The Labute approximate surface area is 390 Å². The van der Waals surface area contributed by atoms with E-state index in [4.69, 9.17) is 29.6 Å². The molecule has 4 aromatic heterocycles. The summed E-state index contributed by atoms with van der Waals surface area (Å²) in [5.74, 6) is 3.59. The van der Waals surface area contributed by atoms with Crippen LogP contribution in [0.1, 0.15) is 86.6 Å². The van der Waals surface area contributed by atoms with Gasteiger partial charge in [-0.05, 0) is 113 Å². The topological polar surface area (TPSA) is 162 Å². The minimum absolute atomic E-state index is 0.292. The first-order valence-electron chi connectivity index (χ1n) is 23.8. The maximum Gasteiger partial charge on any atom is 0.242 e. The lowest BCUT2D eigenvalue weighted by Crippen LogP contribution is -2.48. The van der Waals surface area contributed by atoms with Gasteiger partial charge in [-0.1, -0.05) is 0 Å². The molecule has 8 atom stereocenters. The van der Waals surface area contributed by atoms with Crippen LogP contribution in [0.4, 0.5) is 41.1 Å². The maximum absolute atomic E-state index is 13.6. The van der Waals surface area contributed by atoms with Gasteiger partial charge in [-0.3, -0.25) is 0 Å². The van der Waals surface area contributed by atoms with Crippen LogP contribution in [0.3, 0.4) is 0 Å². The predicted molar refractivity (Wildman–Crippen MR) is 243 cm³/mol. The number of piperidine rings is 2. The van der Waals surface area contributed by atoms with Crippen molar-refractivity contribution >= 4 is 23.5 Å². The summed E-state index contributed by atoms with van der Waals surface area (Å²) < 4.78 is 69.5. The number of ether oxygens (including phenoxy) is 2. The van der Waals surface area contributed by atoms with Crippen LogP contribution in [0.5, 0.6) is 11.5 Å². The van der Waals surface area contributed by atoms with Crippen molar-refractivity contribution in [1.82, 2.24) is 49.5 Å². The second-order valence-corrected chi connectivity index (χ2v) is 19.1. The van der Waals surface area contributed by atoms with Crippen molar-refractivity contribution in [2.45, 2.75) is 103 Å². The standard InChI is InChI=1S/2C24H27F2N7O/c2*1-14-9-21(28-13-27-14)32-11-15-4-5-16(12-32)22(15)29-24-30-23-20(3-2-8-33(23)31-24)34-17-6-7-18(25)19(26)10-17/h2*6-7,9-10,13,15-16,20,22H,2-5,8,11-12H2,1H3,(H,29,31)/t2*15-,16+,20-,22?/m10/s1. The molecule has 6 aliphatic rings. The van der Waals surface area contributed by atoms with Gasteiger partial charge in [0, 0.05) is 87.0 Å². The zero-order chi connectivity index (χ0) is 46.5. The fraction of sp³-hybridized carbons (Fsp3) is 0.500. The summed E-state index contributed by atoms with van der Waals surface area (Å²) in [4.78, 5) is 31.6. The molecule has 20 heteroatoms. The van der Waals surface area contributed by atoms with Crippen molar-refractivity contribution in [2.75, 3.05) is 46.6 Å². The fourth-order valence-electron chi connectivity index (χ4n) is 11.2. The van der Waals surface area contributed by atoms with Gasteiger partial charge in [0.05, 0.1) is 0 Å². The number of anilines is 4. The lowest BCUT2D eigenvalue weighted by molar-refractivity contribution is 0.154. The van der Waals surface area contributed by atoms with Crippen LogP contribution in [0.25, 0.3) is 0 Å². The number of aryl methyl sites for hydroxylation is 4. The molecule has 12 rings (SSSR count). The highest BCUT2D eigenvalue weighted by atomic mass is 19.2. The fourth-order valence-corrected chi connectivity index (χ4v) is 11.2. The predicted octanol–water partition coefficient (Wildman–Crippen LogP) is 7.79. The molecule has 2 unspecified atom stereocenters. The molecule has 2 saturated carbocycles. The Bertz CT molecular complexity index is 2560. The van der Waals surface area contributed by atoms with E-state index < -0.39 is 23.3 Å². The minimum atomic E-state index is -0.920. The first-order valence-corrected chi connectivity index (χ1v) is 23.8. The van der Waals surface area contributed by atoms with E-state index in [9.17, 15) is 17.6 Å². The molecule has 6 aromatic rings. The molecule has 2 N–H and O–H groups in total. The molecular formula is C48H54F4N14O2. The third kappa shape index (κ3) is 9.08. The highest BCUT2D eigenvalue weighted by molar-refractivity contribution is 5.43. The van der Waals surface area contributed by atoms with E-state index in [2.05, 4.69) is 40.4 Å². The Morgan fingerprint density at radius 1 is 0.515 bits per heavy atom. The second kappa shape index (κ2) is 18.5. The third-order valence-electron chi connectivity index (χ3n) is 14.5. The van der Waals surface area contributed by atoms with Crippen LogP contribution in [-0.2, 0) is 13.1 Å². The largest absolute Gasteiger partial charge is 0.482 e. The molecule has 2 aliphatic carbocycles. The molecule has 0 amide bonds. The minimum Gasteiger partial charge on any atom is -0.482 e. The summed E-state index contributed by atoms with van der Waals surface area (Å²) in [7, 11) is 0. The third-order valence-corrected chi connectivity index (χ3v) is 14.5. The lowest BCUT2D eigenvalue weighted by atomic mass is 9.92. The Hall–Kier alpha value is -6.60. The SMILES string of the molecule is Cc1cc(N2C[C@H]3CC[C@@H](C2)C3Nc2nc3n(n2)CCC[C@@H]3Oc2ccc(F)c(F)c2)ncn1.Cc1cc(N2C[C@H]3CC[C@@H](C2)C3Nc2nc3n(n2)CCC[C@H]3Oc2ccc(F)c(F)c2)ncn1. The van der Waals surface area contributed by atoms with Gasteiger partial charge in [-0.25, -0.2) is 46.9 Å². The number of hydrogen-bond donors (Lipinski definition) is 2. The van der Waals surface area contributed by atoms with Crippen molar-refractivity contribution in [3.05, 3.63) is 107 Å². The summed E-state index contributed by atoms with van der Waals surface area (Å²) >= 11 is 0. The monoisotopic (exact) mass is 934 g/mol. The smallest absolute Gasteiger partial charge is 0.242 e. The maximum atomic E-state index is 13.6. The molecule has 2 saturated heterocycles. The molecule has 4 fully saturated rings. The Morgan fingerprint density at radius 3 is 1.31 bits per heavy atom. The number of halogens is 4. The van der Waals surface area contributed by atoms with Crippen LogP contribution in [-0.4, -0.2) is 87.7 Å². The Kier molecular flexibility index (Phi) is 11.9. The molecule has 4 bridgehead atoms. The molecule has 4 aliphatic heterocycles. The summed E-state index contributed by atoms with van der Waals surface area (Å²) in [5.41, 5.74) is 1.95. The van der Waals surface area contributed by atoms with Crippen molar-refractivity contribution in [3.8, 4) is 11.5 Å². The first-order chi connectivity index (χ1) is 33.1. The molecule has 16 nitrogen and oxygen atoms in total. The van der Waals surface area contributed by atoms with Gasteiger partial charge in [0.15, 0.2) is 47.1 Å². The number of rotatable bonds is 10. The van der Waals surface area contributed by atoms with Crippen LogP contribution >= 0.6 is 0 Å². The van der Waals surface area contributed by atoms with E-state index in [1.54, 1.807) is 12.7 Å². The first kappa shape index (κ1) is 43.9. The van der Waals surface area contributed by atoms with Crippen molar-refractivity contribution in [3.63, 3.8) is 0 Å². The number of benzene rings is 2. The van der Waals surface area contributed by atoms with E-state index in [0.29, 0.717) is 59.2 Å². The van der Waals surface area contributed by atoms with Crippen LogP contribution in [0, 0.1) is 60.8 Å². The normalized spacial score (nSPS) is 25.8. The highest BCUT2D eigenvalue weighted by Crippen LogP contribution is 2.42. The summed E-state index contributed by atoms with van der Waals surface area (Å²) in [6.07, 6.45) is 10.5. The van der Waals surface area contributed by atoms with Crippen molar-refractivity contribution in [1.29, 1.82) is 0 Å². The number of nitrogens with one attached hydrogen (secondary N) is 2. The zero-order valence-corrected chi connectivity index (χ0v) is 38.0. The summed E-state index contributed by atoms with van der Waals surface area (Å²) in [6.45, 7) is 9.29. The van der Waals surface area contributed by atoms with Crippen LogP contribution in [0.2, 0.25) is 0 Å². The Morgan fingerprint density at radius 2 is 0.926 bits per heavy atom. The number of fused-ring (bicyclic) bond motifs is 6. The number of nitrogens with zero attached hydrogens (tertiary/aromatic N) is 12. The molecule has 356 valence electrons. The van der Waals surface area contributed by atoms with E-state index in [1.165, 1.54) is 37.8 Å². The summed E-state index contributed by atoms with van der Waals surface area (Å²) in [6, 6.07) is 11.9. The van der Waals surface area contributed by atoms with Crippen LogP contribution in [0.15, 0.2) is 61.2 Å². The van der Waals surface area contributed by atoms with Crippen LogP contribution < -0.4 is 29.9 Å². The average molecular weight is 935 g/mol. The van der Waals surface area contributed by atoms with E-state index >= 15 is 0 Å². The highest BCUT2D eigenvalue weighted by Gasteiger charge is 2.45. The van der Waals surface area contributed by atoms with Crippen molar-refractivity contribution < 1.29 is 27.0 Å². The number of hydrogen-bond acceptors (Lipinski definition) is 14. The van der Waals surface area contributed by atoms with Gasteiger partial charge in [-0.15, -0.1) is 10.2 Å². The zero-order valence-electron chi connectivity index (χ0n) is 38.0. The Balaban J connectivity index is 0.000000149. The molecule has 0 spiro atoms. The van der Waals surface area contributed by atoms with Crippen molar-refractivity contribution in [2.24, 2.45) is 23.7 Å². The lowest BCUT2D eigenvalue weighted by Gasteiger charge is -2.38. The molecular weight excluding hydrogens is 881 g/mol. The number of aromatic nitrogens is 10. The van der Waals surface area contributed by atoms with Gasteiger partial charge in [0.1, 0.15) is 35.8 Å². The molecule has 0 radical (unpaired) electrons. The van der Waals surface area contributed by atoms with Gasteiger partial charge in [0.25, 0.3) is 0 Å². The average Bonchev–Trinajstić information content (AvgIpc) is 4.06. The quantitative estimate of drug-likeness (QED) is 0.128. The van der Waals surface area contributed by atoms with Gasteiger partial charge in [0.2, 0.25) is 11.9 Å². The van der Waals surface area contributed by atoms with Gasteiger partial charge in [-0.2, -0.15) is 9.97 Å². The van der Waals surface area contributed by atoms with Gasteiger partial charge < -0.3 is 29.9 Å². The second-order valence-electron chi connectivity index (χ2n) is 19.1. The van der Waals surface area contributed by atoms with E-state index in [1.807, 2.05) is 35.3 Å². The molecule has 2 aromatic carbocycles.